The number of aliphatic carboxylic acids is 1. The number of carboxylic acid groups (broad SMARTS) is 1. The molecule has 2 aromatic carbocycles. The molecule has 0 spiro atoms. The van der Waals surface area contributed by atoms with Crippen LogP contribution in [-0.2, 0) is 32.1 Å². The number of unbranched alkanes of at least 4 members (excludes halogenated alkanes) is 1. The summed E-state index contributed by atoms with van der Waals surface area (Å²) in [6.45, 7) is 5.63. The zero-order valence-electron chi connectivity index (χ0n) is 22.1. The number of hydrogen-bond acceptors (Lipinski definition) is 6. The van der Waals surface area contributed by atoms with Crippen molar-refractivity contribution >= 4 is 24.1 Å². The molecular formula is C28H37N3O7. The Hall–Kier alpha value is -4.08. The zero-order chi connectivity index (χ0) is 28.0. The fraction of sp³-hybridized carbons (Fsp3) is 0.429. The molecule has 0 aliphatic heterocycles. The number of benzene rings is 2. The normalized spacial score (nSPS) is 12.5. The Bertz CT molecular complexity index is 1040. The van der Waals surface area contributed by atoms with Gasteiger partial charge in [0.2, 0.25) is 5.91 Å². The lowest BCUT2D eigenvalue weighted by Crippen LogP contribution is -2.52. The molecule has 2 atom stereocenters. The van der Waals surface area contributed by atoms with Crippen molar-refractivity contribution in [1.82, 2.24) is 16.0 Å². The van der Waals surface area contributed by atoms with E-state index in [4.69, 9.17) is 9.47 Å². The first-order valence-corrected chi connectivity index (χ1v) is 12.5. The lowest BCUT2D eigenvalue weighted by atomic mass is 10.0. The highest BCUT2D eigenvalue weighted by Gasteiger charge is 2.27. The van der Waals surface area contributed by atoms with E-state index in [1.54, 1.807) is 57.2 Å². The van der Waals surface area contributed by atoms with Crippen LogP contribution in [0.15, 0.2) is 60.7 Å². The van der Waals surface area contributed by atoms with E-state index >= 15 is 0 Å². The van der Waals surface area contributed by atoms with E-state index in [2.05, 4.69) is 16.0 Å². The van der Waals surface area contributed by atoms with Gasteiger partial charge in [-0.3, -0.25) is 4.79 Å². The number of alkyl carbamates (subject to hydrolysis) is 2. The average Bonchev–Trinajstić information content (AvgIpc) is 2.86. The van der Waals surface area contributed by atoms with Crippen molar-refractivity contribution in [2.24, 2.45) is 0 Å². The summed E-state index contributed by atoms with van der Waals surface area (Å²) in [4.78, 5) is 49.1. The van der Waals surface area contributed by atoms with E-state index in [0.717, 1.165) is 11.1 Å². The molecule has 38 heavy (non-hydrogen) atoms. The first kappa shape index (κ1) is 30.1. The van der Waals surface area contributed by atoms with Gasteiger partial charge in [-0.15, -0.1) is 0 Å². The monoisotopic (exact) mass is 527 g/mol. The maximum Gasteiger partial charge on any atom is 0.408 e. The Morgan fingerprint density at radius 2 is 1.42 bits per heavy atom. The number of carbonyl (C=O) groups excluding carboxylic acids is 3. The Labute approximate surface area is 223 Å². The van der Waals surface area contributed by atoms with Gasteiger partial charge in [0.05, 0.1) is 0 Å². The molecule has 10 nitrogen and oxygen atoms in total. The van der Waals surface area contributed by atoms with Gasteiger partial charge in [-0.2, -0.15) is 0 Å². The molecule has 0 aliphatic rings. The molecule has 0 unspecified atom stereocenters. The number of hydrogen-bond donors (Lipinski definition) is 4. The molecule has 0 aromatic heterocycles. The second kappa shape index (κ2) is 15.2. The fourth-order valence-electron chi connectivity index (χ4n) is 3.48. The highest BCUT2D eigenvalue weighted by Crippen LogP contribution is 2.09. The maximum absolute atomic E-state index is 13.1. The Kier molecular flexibility index (Phi) is 12.1. The van der Waals surface area contributed by atoms with Gasteiger partial charge in [0, 0.05) is 13.0 Å². The first-order valence-electron chi connectivity index (χ1n) is 12.5. The number of amides is 3. The van der Waals surface area contributed by atoms with Crippen LogP contribution in [0, 0.1) is 0 Å². The van der Waals surface area contributed by atoms with Crippen molar-refractivity contribution in [2.45, 2.75) is 70.7 Å². The van der Waals surface area contributed by atoms with Crippen molar-refractivity contribution in [3.8, 4) is 0 Å². The molecule has 0 fully saturated rings. The Balaban J connectivity index is 1.96. The molecule has 0 heterocycles. The van der Waals surface area contributed by atoms with E-state index in [1.807, 2.05) is 24.3 Å². The van der Waals surface area contributed by atoms with E-state index in [0.29, 0.717) is 19.4 Å². The van der Waals surface area contributed by atoms with Crippen LogP contribution < -0.4 is 16.0 Å². The van der Waals surface area contributed by atoms with E-state index < -0.39 is 41.7 Å². The molecule has 2 aromatic rings. The second-order valence-electron chi connectivity index (χ2n) is 9.77. The highest BCUT2D eigenvalue weighted by atomic mass is 16.6. The van der Waals surface area contributed by atoms with Crippen molar-refractivity contribution in [3.63, 3.8) is 0 Å². The van der Waals surface area contributed by atoms with Crippen molar-refractivity contribution in [1.29, 1.82) is 0 Å². The Morgan fingerprint density at radius 1 is 0.816 bits per heavy atom. The SMILES string of the molecule is CC(C)(C)OC(=O)NCCCC[C@@H](NC(=O)OCc1ccccc1)C(=O)N[C@@H](Cc1ccccc1)C(=O)O. The number of carboxylic acids is 1. The molecule has 2 rings (SSSR count). The van der Waals surface area contributed by atoms with Gasteiger partial charge in [0.1, 0.15) is 24.3 Å². The van der Waals surface area contributed by atoms with E-state index in [9.17, 15) is 24.3 Å². The lowest BCUT2D eigenvalue weighted by Gasteiger charge is -2.22. The molecule has 4 N–H and O–H groups in total. The molecular weight excluding hydrogens is 490 g/mol. The van der Waals surface area contributed by atoms with Gasteiger partial charge in [0.15, 0.2) is 0 Å². The first-order chi connectivity index (χ1) is 18.0. The molecule has 3 amide bonds. The van der Waals surface area contributed by atoms with Gasteiger partial charge < -0.3 is 30.5 Å². The molecule has 0 saturated carbocycles. The summed E-state index contributed by atoms with van der Waals surface area (Å²) in [5.74, 6) is -1.82. The molecule has 10 heteroatoms. The zero-order valence-corrected chi connectivity index (χ0v) is 22.1. The summed E-state index contributed by atoms with van der Waals surface area (Å²) >= 11 is 0. The third-order valence-electron chi connectivity index (χ3n) is 5.31. The summed E-state index contributed by atoms with van der Waals surface area (Å²) in [6.07, 6.45) is -0.0675. The molecule has 206 valence electrons. The minimum atomic E-state index is -1.19. The number of ether oxygens (including phenoxy) is 2. The summed E-state index contributed by atoms with van der Waals surface area (Å²) in [5.41, 5.74) is 0.920. The van der Waals surface area contributed by atoms with Crippen LogP contribution in [0.1, 0.15) is 51.2 Å². The number of rotatable bonds is 13. The quantitative estimate of drug-likeness (QED) is 0.290. The van der Waals surface area contributed by atoms with Gasteiger partial charge in [-0.05, 0) is 51.2 Å². The van der Waals surface area contributed by atoms with E-state index in [1.165, 1.54) is 0 Å². The summed E-state index contributed by atoms with van der Waals surface area (Å²) in [6, 6.07) is 15.8. The summed E-state index contributed by atoms with van der Waals surface area (Å²) in [5, 5.41) is 17.4. The van der Waals surface area contributed by atoms with Gasteiger partial charge in [-0.25, -0.2) is 14.4 Å². The van der Waals surface area contributed by atoms with E-state index in [-0.39, 0.29) is 19.4 Å². The van der Waals surface area contributed by atoms with Gasteiger partial charge >= 0.3 is 18.2 Å². The minimum absolute atomic E-state index is 0.0204. The predicted octanol–water partition coefficient (Wildman–Crippen LogP) is 3.79. The standard InChI is InChI=1S/C28H37N3O7/c1-28(2,3)38-26(35)29-17-11-10-16-22(31-27(36)37-19-21-14-8-5-9-15-21)24(32)30-23(25(33)34)18-20-12-6-4-7-13-20/h4-9,12-15,22-23H,10-11,16-19H2,1-3H3,(H,29,35)(H,30,32)(H,31,36)(H,33,34)/t22-,23+/m1/s1. The molecule has 0 aliphatic carbocycles. The van der Waals surface area contributed by atoms with Gasteiger partial charge in [-0.1, -0.05) is 60.7 Å². The largest absolute Gasteiger partial charge is 0.480 e. The minimum Gasteiger partial charge on any atom is -0.480 e. The van der Waals surface area contributed by atoms with Crippen LogP contribution in [0.4, 0.5) is 9.59 Å². The topological polar surface area (TPSA) is 143 Å². The lowest BCUT2D eigenvalue weighted by molar-refractivity contribution is -0.142. The van der Waals surface area contributed by atoms with Crippen LogP contribution in [0.3, 0.4) is 0 Å². The predicted molar refractivity (Wildman–Crippen MR) is 141 cm³/mol. The van der Waals surface area contributed by atoms with Crippen molar-refractivity contribution < 1.29 is 33.8 Å². The average molecular weight is 528 g/mol. The van der Waals surface area contributed by atoms with Crippen molar-refractivity contribution in [2.75, 3.05) is 6.54 Å². The highest BCUT2D eigenvalue weighted by molar-refractivity contribution is 5.89. The second-order valence-corrected chi connectivity index (χ2v) is 9.77. The van der Waals surface area contributed by atoms with Crippen LogP contribution in [0.25, 0.3) is 0 Å². The number of carbonyl (C=O) groups is 4. The molecule has 0 radical (unpaired) electrons. The molecule has 0 saturated heterocycles. The maximum atomic E-state index is 13.1. The smallest absolute Gasteiger partial charge is 0.408 e. The summed E-state index contributed by atoms with van der Waals surface area (Å²) < 4.78 is 10.4. The van der Waals surface area contributed by atoms with Crippen LogP contribution in [0.5, 0.6) is 0 Å². The third kappa shape index (κ3) is 12.2. The summed E-state index contributed by atoms with van der Waals surface area (Å²) in [7, 11) is 0. The molecule has 0 bridgehead atoms. The van der Waals surface area contributed by atoms with Crippen LogP contribution >= 0.6 is 0 Å². The number of nitrogens with one attached hydrogen (secondary N) is 3. The third-order valence-corrected chi connectivity index (χ3v) is 5.31. The van der Waals surface area contributed by atoms with Crippen molar-refractivity contribution in [3.05, 3.63) is 71.8 Å². The van der Waals surface area contributed by atoms with Crippen LogP contribution in [-0.4, -0.2) is 53.4 Å². The fourth-order valence-corrected chi connectivity index (χ4v) is 3.48. The Morgan fingerprint density at radius 3 is 2.00 bits per heavy atom. The van der Waals surface area contributed by atoms with Gasteiger partial charge in [0.25, 0.3) is 0 Å². The van der Waals surface area contributed by atoms with Crippen LogP contribution in [0.2, 0.25) is 0 Å².